The lowest BCUT2D eigenvalue weighted by atomic mass is 10.3. The van der Waals surface area contributed by atoms with Crippen LogP contribution < -0.4 is 10.1 Å². The molecular formula is C9H11N3O3. The molecule has 1 aliphatic carbocycles. The van der Waals surface area contributed by atoms with Crippen molar-refractivity contribution in [2.24, 2.45) is 0 Å². The standard InChI is InChI=1S/C9H11N3O3/c1-15-8-6(9(13)14)4-7(11-12-8)10-5-2-3-5/h4-5H,2-3H2,1H3,(H,10,11)(H,13,14). The molecule has 0 radical (unpaired) electrons. The highest BCUT2D eigenvalue weighted by molar-refractivity contribution is 5.90. The molecule has 2 rings (SSSR count). The number of aromatic carboxylic acids is 1. The summed E-state index contributed by atoms with van der Waals surface area (Å²) in [6, 6.07) is 1.85. The number of carboxylic acids is 1. The lowest BCUT2D eigenvalue weighted by Gasteiger charge is -2.06. The monoisotopic (exact) mass is 209 g/mol. The maximum absolute atomic E-state index is 10.9. The Morgan fingerprint density at radius 2 is 2.33 bits per heavy atom. The molecule has 6 nitrogen and oxygen atoms in total. The number of aromatic nitrogens is 2. The van der Waals surface area contributed by atoms with E-state index in [2.05, 4.69) is 15.5 Å². The minimum Gasteiger partial charge on any atom is -0.479 e. The van der Waals surface area contributed by atoms with E-state index in [4.69, 9.17) is 9.84 Å². The van der Waals surface area contributed by atoms with Gasteiger partial charge in [0.1, 0.15) is 11.4 Å². The van der Waals surface area contributed by atoms with Crippen LogP contribution in [0, 0.1) is 0 Å². The fourth-order valence-electron chi connectivity index (χ4n) is 1.19. The number of carboxylic acid groups (broad SMARTS) is 1. The van der Waals surface area contributed by atoms with Gasteiger partial charge in [0.2, 0.25) is 5.88 Å². The second-order valence-electron chi connectivity index (χ2n) is 3.38. The molecule has 1 aromatic heterocycles. The van der Waals surface area contributed by atoms with Gasteiger partial charge < -0.3 is 15.2 Å². The Hall–Kier alpha value is -1.85. The Morgan fingerprint density at radius 1 is 1.60 bits per heavy atom. The molecule has 1 fully saturated rings. The van der Waals surface area contributed by atoms with Crippen molar-refractivity contribution in [1.29, 1.82) is 0 Å². The molecule has 2 N–H and O–H groups in total. The summed E-state index contributed by atoms with van der Waals surface area (Å²) in [6.07, 6.45) is 2.19. The van der Waals surface area contributed by atoms with E-state index in [0.29, 0.717) is 11.9 Å². The number of nitrogens with one attached hydrogen (secondary N) is 1. The first-order valence-electron chi connectivity index (χ1n) is 4.62. The van der Waals surface area contributed by atoms with Crippen LogP contribution in [0.3, 0.4) is 0 Å². The van der Waals surface area contributed by atoms with Crippen LogP contribution in [0.15, 0.2) is 6.07 Å². The summed E-state index contributed by atoms with van der Waals surface area (Å²) in [6.45, 7) is 0. The van der Waals surface area contributed by atoms with Gasteiger partial charge in [0.05, 0.1) is 7.11 Å². The first kappa shape index (κ1) is 9.70. The van der Waals surface area contributed by atoms with Crippen molar-refractivity contribution in [1.82, 2.24) is 10.2 Å². The number of rotatable bonds is 4. The summed E-state index contributed by atoms with van der Waals surface area (Å²) in [7, 11) is 1.37. The molecule has 0 aromatic carbocycles. The smallest absolute Gasteiger partial charge is 0.341 e. The average Bonchev–Trinajstić information content (AvgIpc) is 3.01. The minimum atomic E-state index is -1.07. The quantitative estimate of drug-likeness (QED) is 0.761. The normalized spacial score (nSPS) is 14.7. The van der Waals surface area contributed by atoms with E-state index in [0.717, 1.165) is 12.8 Å². The van der Waals surface area contributed by atoms with Crippen molar-refractivity contribution in [2.45, 2.75) is 18.9 Å². The first-order chi connectivity index (χ1) is 7.20. The molecule has 0 spiro atoms. The summed E-state index contributed by atoms with van der Waals surface area (Å²) in [5.74, 6) is -0.555. The number of nitrogens with zero attached hydrogens (tertiary/aromatic N) is 2. The SMILES string of the molecule is COc1nnc(NC2CC2)cc1C(=O)O. The largest absolute Gasteiger partial charge is 0.479 e. The molecule has 80 valence electrons. The zero-order valence-electron chi connectivity index (χ0n) is 8.23. The molecule has 0 saturated heterocycles. The number of carbonyl (C=O) groups is 1. The van der Waals surface area contributed by atoms with Crippen LogP contribution in [0.25, 0.3) is 0 Å². The van der Waals surface area contributed by atoms with Crippen LogP contribution in [0.4, 0.5) is 5.82 Å². The van der Waals surface area contributed by atoms with Gasteiger partial charge in [-0.1, -0.05) is 0 Å². The fraction of sp³-hybridized carbons (Fsp3) is 0.444. The van der Waals surface area contributed by atoms with E-state index in [1.165, 1.54) is 13.2 Å². The predicted molar refractivity (Wildman–Crippen MR) is 52.2 cm³/mol. The van der Waals surface area contributed by atoms with Crippen LogP contribution in [0.2, 0.25) is 0 Å². The van der Waals surface area contributed by atoms with E-state index in [9.17, 15) is 4.79 Å². The lowest BCUT2D eigenvalue weighted by molar-refractivity contribution is 0.0692. The number of hydrogen-bond donors (Lipinski definition) is 2. The zero-order valence-corrected chi connectivity index (χ0v) is 8.23. The fourth-order valence-corrected chi connectivity index (χ4v) is 1.19. The van der Waals surface area contributed by atoms with Crippen LogP contribution >= 0.6 is 0 Å². The second kappa shape index (κ2) is 3.72. The Balaban J connectivity index is 2.26. The van der Waals surface area contributed by atoms with Gasteiger partial charge in [-0.3, -0.25) is 0 Å². The molecular weight excluding hydrogens is 198 g/mol. The van der Waals surface area contributed by atoms with Crippen LogP contribution in [-0.4, -0.2) is 34.4 Å². The summed E-state index contributed by atoms with van der Waals surface area (Å²) < 4.78 is 4.80. The van der Waals surface area contributed by atoms with E-state index in [1.54, 1.807) is 0 Å². The molecule has 1 heterocycles. The summed E-state index contributed by atoms with van der Waals surface area (Å²) in [5.41, 5.74) is 0.0238. The van der Waals surface area contributed by atoms with Gasteiger partial charge in [-0.15, -0.1) is 10.2 Å². The van der Waals surface area contributed by atoms with Gasteiger partial charge in [-0.25, -0.2) is 4.79 Å². The molecule has 1 aromatic rings. The van der Waals surface area contributed by atoms with Gasteiger partial charge >= 0.3 is 5.97 Å². The van der Waals surface area contributed by atoms with Crippen molar-refractivity contribution in [3.63, 3.8) is 0 Å². The average molecular weight is 209 g/mol. The Labute approximate surface area is 86.3 Å². The Morgan fingerprint density at radius 3 is 2.87 bits per heavy atom. The van der Waals surface area contributed by atoms with Crippen molar-refractivity contribution in [2.75, 3.05) is 12.4 Å². The highest BCUT2D eigenvalue weighted by atomic mass is 16.5. The topological polar surface area (TPSA) is 84.3 Å². The third kappa shape index (κ3) is 2.15. The van der Waals surface area contributed by atoms with Crippen LogP contribution in [-0.2, 0) is 0 Å². The highest BCUT2D eigenvalue weighted by Crippen LogP contribution is 2.25. The highest BCUT2D eigenvalue weighted by Gasteiger charge is 2.23. The van der Waals surface area contributed by atoms with Gasteiger partial charge in [0, 0.05) is 12.1 Å². The first-order valence-corrected chi connectivity index (χ1v) is 4.62. The molecule has 1 saturated carbocycles. The third-order valence-electron chi connectivity index (χ3n) is 2.11. The lowest BCUT2D eigenvalue weighted by Crippen LogP contribution is -2.09. The van der Waals surface area contributed by atoms with E-state index < -0.39 is 5.97 Å². The Bertz CT molecular complexity index is 390. The molecule has 1 aliphatic rings. The van der Waals surface area contributed by atoms with Gasteiger partial charge in [-0.2, -0.15) is 0 Å². The maximum Gasteiger partial charge on any atom is 0.341 e. The number of anilines is 1. The molecule has 15 heavy (non-hydrogen) atoms. The molecule has 0 unspecified atom stereocenters. The van der Waals surface area contributed by atoms with Crippen molar-refractivity contribution < 1.29 is 14.6 Å². The third-order valence-corrected chi connectivity index (χ3v) is 2.11. The second-order valence-corrected chi connectivity index (χ2v) is 3.38. The molecule has 0 bridgehead atoms. The van der Waals surface area contributed by atoms with Crippen molar-refractivity contribution >= 4 is 11.8 Å². The molecule has 0 atom stereocenters. The van der Waals surface area contributed by atoms with E-state index >= 15 is 0 Å². The predicted octanol–water partition coefficient (Wildman–Crippen LogP) is 0.758. The summed E-state index contributed by atoms with van der Waals surface area (Å²) in [4.78, 5) is 10.9. The van der Waals surface area contributed by atoms with Gasteiger partial charge in [0.15, 0.2) is 0 Å². The zero-order chi connectivity index (χ0) is 10.8. The van der Waals surface area contributed by atoms with E-state index in [1.807, 2.05) is 0 Å². The minimum absolute atomic E-state index is 0.0238. The molecule has 0 amide bonds. The van der Waals surface area contributed by atoms with Crippen LogP contribution in [0.1, 0.15) is 23.2 Å². The molecule has 0 aliphatic heterocycles. The Kier molecular flexibility index (Phi) is 2.40. The number of methoxy groups -OCH3 is 1. The van der Waals surface area contributed by atoms with E-state index in [-0.39, 0.29) is 11.4 Å². The van der Waals surface area contributed by atoms with Gasteiger partial charge in [-0.05, 0) is 12.8 Å². The van der Waals surface area contributed by atoms with Crippen LogP contribution in [0.5, 0.6) is 5.88 Å². The van der Waals surface area contributed by atoms with Crippen molar-refractivity contribution in [3.05, 3.63) is 11.6 Å². The van der Waals surface area contributed by atoms with Gasteiger partial charge in [0.25, 0.3) is 0 Å². The molecule has 6 heteroatoms. The van der Waals surface area contributed by atoms with Crippen molar-refractivity contribution in [3.8, 4) is 5.88 Å². The summed E-state index contributed by atoms with van der Waals surface area (Å²) >= 11 is 0. The maximum atomic E-state index is 10.9. The number of hydrogen-bond acceptors (Lipinski definition) is 5. The summed E-state index contributed by atoms with van der Waals surface area (Å²) in [5, 5.41) is 19.5. The number of ether oxygens (including phenoxy) is 1.